The van der Waals surface area contributed by atoms with E-state index in [1.807, 2.05) is 48.5 Å². The molecule has 0 bridgehead atoms. The summed E-state index contributed by atoms with van der Waals surface area (Å²) in [6.07, 6.45) is 0. The summed E-state index contributed by atoms with van der Waals surface area (Å²) in [5, 5.41) is 3.49. The van der Waals surface area contributed by atoms with Crippen molar-refractivity contribution in [2.24, 2.45) is 0 Å². The predicted octanol–water partition coefficient (Wildman–Crippen LogP) is 4.79. The van der Waals surface area contributed by atoms with Crippen molar-refractivity contribution in [3.63, 3.8) is 0 Å². The lowest BCUT2D eigenvalue weighted by atomic mass is 10.3. The van der Waals surface area contributed by atoms with Crippen molar-refractivity contribution in [2.75, 3.05) is 11.1 Å². The molecule has 6 heteroatoms. The highest BCUT2D eigenvalue weighted by Gasteiger charge is 2.08. The summed E-state index contributed by atoms with van der Waals surface area (Å²) in [7, 11) is 0. The van der Waals surface area contributed by atoms with E-state index in [0.717, 1.165) is 19.6 Å². The minimum absolute atomic E-state index is 0.0398. The zero-order chi connectivity index (χ0) is 14.7. The van der Waals surface area contributed by atoms with Gasteiger partial charge in [0.2, 0.25) is 5.91 Å². The fourth-order valence-corrected chi connectivity index (χ4v) is 3.93. The Morgan fingerprint density at radius 2 is 2.05 bits per heavy atom. The van der Waals surface area contributed by atoms with Crippen LogP contribution in [0.25, 0.3) is 10.2 Å². The largest absolute Gasteiger partial charge is 0.301 e. The number of anilines is 1. The van der Waals surface area contributed by atoms with Crippen LogP contribution < -0.4 is 5.32 Å². The molecule has 0 saturated carbocycles. The SMILES string of the molecule is O=C(CSc1ccccc1)Nc1nc2ccc(Br)cc2s1. The van der Waals surface area contributed by atoms with Crippen LogP contribution in [0, 0.1) is 0 Å². The van der Waals surface area contributed by atoms with Gasteiger partial charge >= 0.3 is 0 Å². The van der Waals surface area contributed by atoms with Crippen molar-refractivity contribution in [3.8, 4) is 0 Å². The van der Waals surface area contributed by atoms with Gasteiger partial charge in [-0.05, 0) is 30.3 Å². The van der Waals surface area contributed by atoms with Gasteiger partial charge in [0.05, 0.1) is 16.0 Å². The first kappa shape index (κ1) is 14.6. The third-order valence-corrected chi connectivity index (χ3v) is 5.15. The fourth-order valence-electron chi connectivity index (χ4n) is 1.77. The van der Waals surface area contributed by atoms with Crippen LogP contribution in [-0.4, -0.2) is 16.6 Å². The van der Waals surface area contributed by atoms with Crippen molar-refractivity contribution in [2.45, 2.75) is 4.90 Å². The number of carbonyl (C=O) groups excluding carboxylic acids is 1. The molecule has 0 spiro atoms. The first-order valence-electron chi connectivity index (χ1n) is 6.24. The van der Waals surface area contributed by atoms with Crippen LogP contribution in [-0.2, 0) is 4.79 Å². The van der Waals surface area contributed by atoms with Gasteiger partial charge < -0.3 is 5.32 Å². The van der Waals surface area contributed by atoms with Gasteiger partial charge in [-0.1, -0.05) is 45.5 Å². The zero-order valence-corrected chi connectivity index (χ0v) is 14.1. The van der Waals surface area contributed by atoms with Crippen molar-refractivity contribution >= 4 is 60.3 Å². The molecule has 1 heterocycles. The number of thiazole rings is 1. The highest BCUT2D eigenvalue weighted by Crippen LogP contribution is 2.28. The number of thioether (sulfide) groups is 1. The van der Waals surface area contributed by atoms with Crippen molar-refractivity contribution in [3.05, 3.63) is 53.0 Å². The van der Waals surface area contributed by atoms with Gasteiger partial charge in [-0.3, -0.25) is 4.79 Å². The van der Waals surface area contributed by atoms with E-state index in [1.165, 1.54) is 23.1 Å². The van der Waals surface area contributed by atoms with Crippen LogP contribution in [0.5, 0.6) is 0 Å². The van der Waals surface area contributed by atoms with Crippen LogP contribution in [0.1, 0.15) is 0 Å². The van der Waals surface area contributed by atoms with Crippen LogP contribution >= 0.6 is 39.0 Å². The molecule has 0 aliphatic carbocycles. The number of nitrogens with zero attached hydrogens (tertiary/aromatic N) is 1. The Labute approximate surface area is 138 Å². The minimum Gasteiger partial charge on any atom is -0.301 e. The number of hydrogen-bond donors (Lipinski definition) is 1. The molecule has 0 saturated heterocycles. The maximum absolute atomic E-state index is 12.0. The highest BCUT2D eigenvalue weighted by molar-refractivity contribution is 9.10. The Kier molecular flexibility index (Phi) is 4.57. The van der Waals surface area contributed by atoms with Crippen LogP contribution in [0.15, 0.2) is 57.9 Å². The molecule has 3 aromatic rings. The number of amides is 1. The number of halogens is 1. The molecule has 1 amide bonds. The summed E-state index contributed by atoms with van der Waals surface area (Å²) < 4.78 is 2.06. The van der Waals surface area contributed by atoms with Gasteiger partial charge in [0.15, 0.2) is 5.13 Å². The van der Waals surface area contributed by atoms with Gasteiger partial charge in [0.25, 0.3) is 0 Å². The van der Waals surface area contributed by atoms with Gasteiger partial charge in [0, 0.05) is 9.37 Å². The van der Waals surface area contributed by atoms with E-state index in [2.05, 4.69) is 26.2 Å². The molecule has 0 fully saturated rings. The Hall–Kier alpha value is -1.37. The van der Waals surface area contributed by atoms with E-state index in [9.17, 15) is 4.79 Å². The molecule has 106 valence electrons. The predicted molar refractivity (Wildman–Crippen MR) is 93.1 cm³/mol. The number of rotatable bonds is 4. The molecule has 0 aliphatic rings. The topological polar surface area (TPSA) is 42.0 Å². The standard InChI is InChI=1S/C15H11BrN2OS2/c16-10-6-7-12-13(8-10)21-15(17-12)18-14(19)9-20-11-4-2-1-3-5-11/h1-8H,9H2,(H,17,18,19). The Balaban J connectivity index is 1.63. The smallest absolute Gasteiger partial charge is 0.236 e. The van der Waals surface area contributed by atoms with Crippen LogP contribution in [0.2, 0.25) is 0 Å². The maximum atomic E-state index is 12.0. The number of hydrogen-bond acceptors (Lipinski definition) is 4. The zero-order valence-electron chi connectivity index (χ0n) is 10.9. The highest BCUT2D eigenvalue weighted by atomic mass is 79.9. The molecule has 0 unspecified atom stereocenters. The van der Waals surface area contributed by atoms with Gasteiger partial charge in [-0.15, -0.1) is 11.8 Å². The number of fused-ring (bicyclic) bond motifs is 1. The normalized spacial score (nSPS) is 10.7. The lowest BCUT2D eigenvalue weighted by Crippen LogP contribution is -2.13. The van der Waals surface area contributed by atoms with Crippen LogP contribution in [0.3, 0.4) is 0 Å². The molecule has 0 radical (unpaired) electrons. The second kappa shape index (κ2) is 6.60. The molecule has 3 rings (SSSR count). The van der Waals surface area contributed by atoms with E-state index in [1.54, 1.807) is 0 Å². The quantitative estimate of drug-likeness (QED) is 0.663. The van der Waals surface area contributed by atoms with Crippen molar-refractivity contribution < 1.29 is 4.79 Å². The summed E-state index contributed by atoms with van der Waals surface area (Å²) in [6.45, 7) is 0. The molecule has 0 atom stereocenters. The first-order valence-corrected chi connectivity index (χ1v) is 8.84. The molecule has 1 N–H and O–H groups in total. The van der Waals surface area contributed by atoms with Gasteiger partial charge in [-0.25, -0.2) is 4.98 Å². The van der Waals surface area contributed by atoms with Gasteiger partial charge in [-0.2, -0.15) is 0 Å². The van der Waals surface area contributed by atoms with Crippen LogP contribution in [0.4, 0.5) is 5.13 Å². The fraction of sp³-hybridized carbons (Fsp3) is 0.0667. The van der Waals surface area contributed by atoms with Gasteiger partial charge in [0.1, 0.15) is 0 Å². The number of nitrogens with one attached hydrogen (secondary N) is 1. The Morgan fingerprint density at radius 3 is 2.86 bits per heavy atom. The number of aromatic nitrogens is 1. The molecule has 21 heavy (non-hydrogen) atoms. The lowest BCUT2D eigenvalue weighted by molar-refractivity contribution is -0.113. The monoisotopic (exact) mass is 378 g/mol. The molecule has 3 nitrogen and oxygen atoms in total. The third kappa shape index (κ3) is 3.84. The summed E-state index contributed by atoms with van der Waals surface area (Å²) >= 11 is 6.43. The molecular formula is C15H11BrN2OS2. The summed E-state index contributed by atoms with van der Waals surface area (Å²) in [5.41, 5.74) is 0.897. The average Bonchev–Trinajstić information content (AvgIpc) is 2.87. The first-order chi connectivity index (χ1) is 10.2. The molecule has 1 aromatic heterocycles. The lowest BCUT2D eigenvalue weighted by Gasteiger charge is -2.01. The van der Waals surface area contributed by atoms with E-state index in [-0.39, 0.29) is 5.91 Å². The number of carbonyl (C=O) groups is 1. The second-order valence-corrected chi connectivity index (χ2v) is 7.28. The van der Waals surface area contributed by atoms with E-state index >= 15 is 0 Å². The Bertz CT molecular complexity index is 774. The third-order valence-electron chi connectivity index (χ3n) is 2.71. The minimum atomic E-state index is -0.0398. The second-order valence-electron chi connectivity index (χ2n) is 4.28. The Morgan fingerprint density at radius 1 is 1.24 bits per heavy atom. The van der Waals surface area contributed by atoms with E-state index in [0.29, 0.717) is 10.9 Å². The summed E-state index contributed by atoms with van der Waals surface area (Å²) in [5.74, 6) is 0.339. The average molecular weight is 379 g/mol. The van der Waals surface area contributed by atoms with Crippen molar-refractivity contribution in [1.29, 1.82) is 0 Å². The number of benzene rings is 2. The molecule has 2 aromatic carbocycles. The summed E-state index contributed by atoms with van der Waals surface area (Å²) in [4.78, 5) is 17.4. The molecular weight excluding hydrogens is 368 g/mol. The van der Waals surface area contributed by atoms with Crippen molar-refractivity contribution in [1.82, 2.24) is 4.98 Å². The summed E-state index contributed by atoms with van der Waals surface area (Å²) in [6, 6.07) is 15.8. The van der Waals surface area contributed by atoms with E-state index in [4.69, 9.17) is 0 Å². The van der Waals surface area contributed by atoms with E-state index < -0.39 is 0 Å². The molecule has 0 aliphatic heterocycles. The maximum Gasteiger partial charge on any atom is 0.236 e.